The smallest absolute Gasteiger partial charge is 0.0369 e. The third-order valence-corrected chi connectivity index (χ3v) is 4.34. The van der Waals surface area contributed by atoms with Gasteiger partial charge >= 0.3 is 0 Å². The summed E-state index contributed by atoms with van der Waals surface area (Å²) in [7, 11) is 0. The average Bonchev–Trinajstić information content (AvgIpc) is 3.09. The topological polar surface area (TPSA) is 15.3 Å². The average molecular weight is 230 g/mol. The van der Waals surface area contributed by atoms with Gasteiger partial charge in [0, 0.05) is 31.9 Å². The molecule has 1 aromatic rings. The van der Waals surface area contributed by atoms with Crippen molar-refractivity contribution in [2.45, 2.75) is 32.1 Å². The molecule has 0 radical (unpaired) electrons. The Bertz CT molecular complexity index is 415. The molecule has 0 spiro atoms. The molecule has 0 aromatic heterocycles. The number of piperazine rings is 1. The normalized spacial score (nSPS) is 22.6. The molecule has 2 heteroatoms. The first-order chi connectivity index (χ1) is 8.19. The molecule has 2 nitrogen and oxygen atoms in total. The van der Waals surface area contributed by atoms with Crippen LogP contribution in [0.1, 0.15) is 30.9 Å². The van der Waals surface area contributed by atoms with Gasteiger partial charge in [0.15, 0.2) is 0 Å². The van der Waals surface area contributed by atoms with Crippen LogP contribution in [0.2, 0.25) is 0 Å². The molecule has 1 aliphatic carbocycles. The highest BCUT2D eigenvalue weighted by atomic mass is 15.2. The Hall–Kier alpha value is -1.02. The van der Waals surface area contributed by atoms with E-state index in [0.717, 1.165) is 26.2 Å². The van der Waals surface area contributed by atoms with Crippen LogP contribution in [0.15, 0.2) is 18.2 Å². The van der Waals surface area contributed by atoms with E-state index in [1.807, 2.05) is 0 Å². The van der Waals surface area contributed by atoms with E-state index < -0.39 is 0 Å². The minimum absolute atomic E-state index is 0.492. The fourth-order valence-corrected chi connectivity index (χ4v) is 2.90. The number of hydrogen-bond acceptors (Lipinski definition) is 2. The monoisotopic (exact) mass is 230 g/mol. The molecule has 1 saturated carbocycles. The number of nitrogens with one attached hydrogen (secondary N) is 1. The van der Waals surface area contributed by atoms with Gasteiger partial charge in [0.25, 0.3) is 0 Å². The third-order valence-electron chi connectivity index (χ3n) is 4.34. The molecule has 1 heterocycles. The molecule has 0 unspecified atom stereocenters. The maximum atomic E-state index is 3.40. The largest absolute Gasteiger partial charge is 0.369 e. The van der Waals surface area contributed by atoms with Crippen molar-refractivity contribution in [3.8, 4) is 0 Å². The molecule has 1 aliphatic heterocycles. The fraction of sp³-hybridized carbons (Fsp3) is 0.600. The number of hydrogen-bond donors (Lipinski definition) is 1. The second-order valence-electron chi connectivity index (χ2n) is 5.80. The lowest BCUT2D eigenvalue weighted by Gasteiger charge is -2.30. The number of nitrogens with zero attached hydrogens (tertiary/aromatic N) is 1. The van der Waals surface area contributed by atoms with Gasteiger partial charge in [0.1, 0.15) is 0 Å². The first-order valence-corrected chi connectivity index (χ1v) is 6.76. The van der Waals surface area contributed by atoms with Crippen LogP contribution >= 0.6 is 0 Å². The zero-order valence-corrected chi connectivity index (χ0v) is 10.9. The first kappa shape index (κ1) is 11.1. The van der Waals surface area contributed by atoms with Crippen molar-refractivity contribution in [3.05, 3.63) is 29.3 Å². The number of rotatable bonds is 2. The zero-order chi connectivity index (χ0) is 11.9. The molecule has 0 bridgehead atoms. The van der Waals surface area contributed by atoms with E-state index in [4.69, 9.17) is 0 Å². The van der Waals surface area contributed by atoms with E-state index in [0.29, 0.717) is 5.41 Å². The van der Waals surface area contributed by atoms with Crippen molar-refractivity contribution in [1.29, 1.82) is 0 Å². The molecule has 2 aliphatic rings. The van der Waals surface area contributed by atoms with Crippen LogP contribution in [0.25, 0.3) is 0 Å². The van der Waals surface area contributed by atoms with Crippen molar-refractivity contribution in [1.82, 2.24) is 5.32 Å². The molecule has 1 saturated heterocycles. The molecule has 92 valence electrons. The van der Waals surface area contributed by atoms with Gasteiger partial charge in [-0.25, -0.2) is 0 Å². The fourth-order valence-electron chi connectivity index (χ4n) is 2.90. The Morgan fingerprint density at radius 2 is 1.88 bits per heavy atom. The molecule has 0 amide bonds. The van der Waals surface area contributed by atoms with E-state index in [1.54, 1.807) is 5.56 Å². The second-order valence-corrected chi connectivity index (χ2v) is 5.80. The maximum Gasteiger partial charge on any atom is 0.0369 e. The summed E-state index contributed by atoms with van der Waals surface area (Å²) in [5, 5.41) is 3.40. The summed E-state index contributed by atoms with van der Waals surface area (Å²) in [5.74, 6) is 0. The van der Waals surface area contributed by atoms with Gasteiger partial charge in [0.05, 0.1) is 0 Å². The number of aryl methyl sites for hydroxylation is 1. The van der Waals surface area contributed by atoms with E-state index in [9.17, 15) is 0 Å². The zero-order valence-electron chi connectivity index (χ0n) is 10.9. The van der Waals surface area contributed by atoms with Crippen LogP contribution in [-0.2, 0) is 5.41 Å². The van der Waals surface area contributed by atoms with Crippen LogP contribution in [0, 0.1) is 6.92 Å². The number of benzene rings is 1. The number of anilines is 1. The lowest BCUT2D eigenvalue weighted by molar-refractivity contribution is 0.589. The van der Waals surface area contributed by atoms with Crippen molar-refractivity contribution in [2.24, 2.45) is 0 Å². The lowest BCUT2D eigenvalue weighted by atomic mass is 9.93. The van der Waals surface area contributed by atoms with Crippen LogP contribution < -0.4 is 10.2 Å². The highest BCUT2D eigenvalue weighted by Gasteiger charge is 2.39. The Morgan fingerprint density at radius 3 is 2.47 bits per heavy atom. The Kier molecular flexibility index (Phi) is 2.62. The highest BCUT2D eigenvalue weighted by Crippen LogP contribution is 2.49. The Labute approximate surface area is 104 Å². The lowest BCUT2D eigenvalue weighted by Crippen LogP contribution is -2.43. The predicted octanol–water partition coefficient (Wildman–Crippen LogP) is 2.46. The van der Waals surface area contributed by atoms with Gasteiger partial charge in [0.2, 0.25) is 0 Å². The van der Waals surface area contributed by atoms with Gasteiger partial charge in [-0.05, 0) is 48.4 Å². The summed E-state index contributed by atoms with van der Waals surface area (Å²) >= 11 is 0. The van der Waals surface area contributed by atoms with Crippen molar-refractivity contribution in [2.75, 3.05) is 31.1 Å². The Balaban J connectivity index is 1.85. The van der Waals surface area contributed by atoms with Gasteiger partial charge in [-0.2, -0.15) is 0 Å². The van der Waals surface area contributed by atoms with E-state index in [1.165, 1.54) is 24.1 Å². The molecule has 1 N–H and O–H groups in total. The molecule has 2 fully saturated rings. The summed E-state index contributed by atoms with van der Waals surface area (Å²) in [6, 6.07) is 7.06. The van der Waals surface area contributed by atoms with E-state index in [-0.39, 0.29) is 0 Å². The Morgan fingerprint density at radius 1 is 1.18 bits per heavy atom. The van der Waals surface area contributed by atoms with Crippen LogP contribution in [0.5, 0.6) is 0 Å². The first-order valence-electron chi connectivity index (χ1n) is 6.76. The SMILES string of the molecule is Cc1cc(N2CCNCC2)ccc1C1(C)CC1. The van der Waals surface area contributed by atoms with Gasteiger partial charge in [-0.15, -0.1) is 0 Å². The van der Waals surface area contributed by atoms with Gasteiger partial charge in [-0.1, -0.05) is 13.0 Å². The molecule has 3 rings (SSSR count). The van der Waals surface area contributed by atoms with Crippen LogP contribution in [0.3, 0.4) is 0 Å². The summed E-state index contributed by atoms with van der Waals surface area (Å²) in [5.41, 5.74) is 4.93. The van der Waals surface area contributed by atoms with Crippen molar-refractivity contribution >= 4 is 5.69 Å². The second kappa shape index (κ2) is 4.02. The summed E-state index contributed by atoms with van der Waals surface area (Å²) in [4.78, 5) is 2.49. The van der Waals surface area contributed by atoms with Crippen LogP contribution in [0.4, 0.5) is 5.69 Å². The summed E-state index contributed by atoms with van der Waals surface area (Å²) in [6.45, 7) is 9.15. The molecule has 1 aromatic carbocycles. The molecule has 0 atom stereocenters. The van der Waals surface area contributed by atoms with Crippen molar-refractivity contribution in [3.63, 3.8) is 0 Å². The van der Waals surface area contributed by atoms with E-state index in [2.05, 4.69) is 42.3 Å². The summed E-state index contributed by atoms with van der Waals surface area (Å²) in [6.07, 6.45) is 2.72. The van der Waals surface area contributed by atoms with Gasteiger partial charge < -0.3 is 10.2 Å². The van der Waals surface area contributed by atoms with Crippen molar-refractivity contribution < 1.29 is 0 Å². The minimum Gasteiger partial charge on any atom is -0.369 e. The summed E-state index contributed by atoms with van der Waals surface area (Å²) < 4.78 is 0. The van der Waals surface area contributed by atoms with E-state index >= 15 is 0 Å². The third kappa shape index (κ3) is 2.06. The predicted molar refractivity (Wildman–Crippen MR) is 72.8 cm³/mol. The quantitative estimate of drug-likeness (QED) is 0.839. The highest BCUT2D eigenvalue weighted by molar-refractivity contribution is 5.53. The molecular formula is C15H22N2. The molecule has 17 heavy (non-hydrogen) atoms. The minimum atomic E-state index is 0.492. The molecular weight excluding hydrogens is 208 g/mol. The maximum absolute atomic E-state index is 3.40. The van der Waals surface area contributed by atoms with Crippen LogP contribution in [-0.4, -0.2) is 26.2 Å². The van der Waals surface area contributed by atoms with Gasteiger partial charge in [-0.3, -0.25) is 0 Å². The standard InChI is InChI=1S/C15H22N2/c1-12-11-13(17-9-7-16-8-10-17)3-4-14(12)15(2)5-6-15/h3-4,11,16H,5-10H2,1-2H3.